The highest BCUT2D eigenvalue weighted by atomic mass is 15.2. The van der Waals surface area contributed by atoms with E-state index in [9.17, 15) is 0 Å². The fraction of sp³-hybridized carbons (Fsp3) is 0.300. The molecule has 0 atom stereocenters. The first-order valence-electron chi connectivity index (χ1n) is 11.5. The van der Waals surface area contributed by atoms with E-state index in [2.05, 4.69) is 131 Å². The molecule has 0 aliphatic carbocycles. The fourth-order valence-corrected chi connectivity index (χ4v) is 5.87. The number of likely N-dealkylation sites (N-methyl/N-ethyl adjacent to an activating group) is 1. The molecule has 0 spiro atoms. The van der Waals surface area contributed by atoms with Crippen molar-refractivity contribution in [3.05, 3.63) is 95.2 Å². The fourth-order valence-electron chi connectivity index (χ4n) is 5.87. The Morgan fingerprint density at radius 2 is 1.66 bits per heavy atom. The van der Waals surface area contributed by atoms with Crippen LogP contribution < -0.4 is 4.90 Å². The second-order valence-electron chi connectivity index (χ2n) is 10.4. The molecule has 32 heavy (non-hydrogen) atoms. The summed E-state index contributed by atoms with van der Waals surface area (Å²) in [5.41, 5.74) is 9.35. The second kappa shape index (κ2) is 6.93. The standard InChI is InChI=1S/C30H33N2/c1-20-15-17-24-23(19-20)29(2,3)26(31(24)6)13-10-14-27-30(4,5)28-22-12-9-8-11-21(22)16-18-25(28)32(27)7/h8-19H,1-7H3/q+1. The number of anilines is 1. The van der Waals surface area contributed by atoms with Crippen LogP contribution in [0, 0.1) is 6.92 Å². The minimum absolute atomic E-state index is 0.0125. The van der Waals surface area contributed by atoms with Crippen molar-refractivity contribution in [3.8, 4) is 0 Å². The third-order valence-corrected chi connectivity index (χ3v) is 7.59. The summed E-state index contributed by atoms with van der Waals surface area (Å²) in [5, 5.41) is 2.66. The summed E-state index contributed by atoms with van der Waals surface area (Å²) in [7, 11) is 4.38. The van der Waals surface area contributed by atoms with Crippen molar-refractivity contribution in [1.29, 1.82) is 0 Å². The molecule has 162 valence electrons. The van der Waals surface area contributed by atoms with Crippen LogP contribution in [-0.2, 0) is 10.8 Å². The molecule has 0 saturated carbocycles. The zero-order chi connectivity index (χ0) is 22.8. The Labute approximate surface area is 192 Å². The summed E-state index contributed by atoms with van der Waals surface area (Å²) in [6.45, 7) is 11.5. The maximum absolute atomic E-state index is 2.36. The number of fused-ring (bicyclic) bond motifs is 4. The number of allylic oxidation sites excluding steroid dienone is 4. The van der Waals surface area contributed by atoms with E-state index in [1.54, 1.807) is 0 Å². The molecule has 0 amide bonds. The van der Waals surface area contributed by atoms with E-state index in [1.807, 2.05) is 0 Å². The first kappa shape index (κ1) is 20.8. The van der Waals surface area contributed by atoms with Gasteiger partial charge in [0, 0.05) is 41.6 Å². The van der Waals surface area contributed by atoms with Gasteiger partial charge in [-0.15, -0.1) is 0 Å². The lowest BCUT2D eigenvalue weighted by Gasteiger charge is -2.23. The molecular weight excluding hydrogens is 388 g/mol. The molecule has 2 heteroatoms. The Hall–Kier alpha value is -3.13. The lowest BCUT2D eigenvalue weighted by molar-refractivity contribution is -0.401. The molecule has 2 aliphatic heterocycles. The van der Waals surface area contributed by atoms with Crippen LogP contribution in [0.2, 0.25) is 0 Å². The van der Waals surface area contributed by atoms with E-state index in [0.717, 1.165) is 0 Å². The van der Waals surface area contributed by atoms with E-state index >= 15 is 0 Å². The van der Waals surface area contributed by atoms with Gasteiger partial charge in [-0.3, -0.25) is 0 Å². The first-order chi connectivity index (χ1) is 15.1. The van der Waals surface area contributed by atoms with Crippen LogP contribution in [0.15, 0.2) is 78.5 Å². The van der Waals surface area contributed by atoms with Crippen LogP contribution in [0.3, 0.4) is 0 Å². The second-order valence-corrected chi connectivity index (χ2v) is 10.4. The largest absolute Gasteiger partial charge is 0.347 e. The highest BCUT2D eigenvalue weighted by Gasteiger charge is 2.44. The van der Waals surface area contributed by atoms with Crippen molar-refractivity contribution in [1.82, 2.24) is 0 Å². The quantitative estimate of drug-likeness (QED) is 0.403. The monoisotopic (exact) mass is 421 g/mol. The predicted molar refractivity (Wildman–Crippen MR) is 138 cm³/mol. The van der Waals surface area contributed by atoms with Crippen LogP contribution in [-0.4, -0.2) is 24.4 Å². The first-order valence-corrected chi connectivity index (χ1v) is 11.5. The molecule has 3 aromatic rings. The number of rotatable bonds is 2. The smallest absolute Gasteiger partial charge is 0.210 e. The van der Waals surface area contributed by atoms with E-state index in [0.29, 0.717) is 0 Å². The molecular formula is C30H33N2+. The summed E-state index contributed by atoms with van der Waals surface area (Å²) in [4.78, 5) is 2.34. The van der Waals surface area contributed by atoms with Gasteiger partial charge in [-0.1, -0.05) is 61.9 Å². The van der Waals surface area contributed by atoms with Gasteiger partial charge in [-0.05, 0) is 55.3 Å². The topological polar surface area (TPSA) is 6.25 Å². The maximum Gasteiger partial charge on any atom is 0.210 e. The summed E-state index contributed by atoms with van der Waals surface area (Å²) < 4.78 is 2.36. The number of hydrogen-bond acceptors (Lipinski definition) is 1. The molecule has 3 aromatic carbocycles. The normalized spacial score (nSPS) is 20.0. The van der Waals surface area contributed by atoms with E-state index < -0.39 is 0 Å². The number of benzene rings is 3. The minimum atomic E-state index is -0.0584. The number of aryl methyl sites for hydroxylation is 1. The van der Waals surface area contributed by atoms with Gasteiger partial charge in [0.1, 0.15) is 7.05 Å². The maximum atomic E-state index is 2.36. The Kier molecular flexibility index (Phi) is 4.50. The minimum Gasteiger partial charge on any atom is -0.347 e. The lowest BCUT2D eigenvalue weighted by Crippen LogP contribution is -2.27. The molecule has 2 nitrogen and oxygen atoms in total. The summed E-state index contributed by atoms with van der Waals surface area (Å²) >= 11 is 0. The number of hydrogen-bond donors (Lipinski definition) is 0. The summed E-state index contributed by atoms with van der Waals surface area (Å²) in [6.07, 6.45) is 6.85. The van der Waals surface area contributed by atoms with Gasteiger partial charge in [0.2, 0.25) is 5.69 Å². The molecule has 0 aromatic heterocycles. The zero-order valence-corrected chi connectivity index (χ0v) is 20.3. The van der Waals surface area contributed by atoms with Crippen LogP contribution in [0.1, 0.15) is 44.4 Å². The Bertz CT molecular complexity index is 1350. The van der Waals surface area contributed by atoms with Crippen molar-refractivity contribution in [2.45, 2.75) is 45.4 Å². The van der Waals surface area contributed by atoms with Crippen molar-refractivity contribution >= 4 is 27.9 Å². The van der Waals surface area contributed by atoms with Crippen LogP contribution in [0.25, 0.3) is 10.8 Å². The predicted octanol–water partition coefficient (Wildman–Crippen LogP) is 7.02. The van der Waals surface area contributed by atoms with Crippen molar-refractivity contribution in [2.24, 2.45) is 0 Å². The third kappa shape index (κ3) is 2.82. The highest BCUT2D eigenvalue weighted by Crippen LogP contribution is 2.47. The molecule has 0 fully saturated rings. The highest BCUT2D eigenvalue weighted by molar-refractivity contribution is 6.07. The molecule has 0 N–H and O–H groups in total. The SMILES string of the molecule is Cc1ccc2c(c1)C(C)(C)/C(=C/C=C/C1=[N+](C)c3ccc4ccccc4c3C1(C)C)N2C. The van der Waals surface area contributed by atoms with Crippen LogP contribution in [0.4, 0.5) is 11.4 Å². The molecule has 0 radical (unpaired) electrons. The average Bonchev–Trinajstić information content (AvgIpc) is 3.07. The van der Waals surface area contributed by atoms with Crippen molar-refractivity contribution in [2.75, 3.05) is 19.0 Å². The summed E-state index contributed by atoms with van der Waals surface area (Å²) in [6, 6.07) is 20.0. The third-order valence-electron chi connectivity index (χ3n) is 7.59. The molecule has 0 saturated heterocycles. The van der Waals surface area contributed by atoms with Crippen molar-refractivity contribution < 1.29 is 4.58 Å². The van der Waals surface area contributed by atoms with E-state index in [4.69, 9.17) is 0 Å². The van der Waals surface area contributed by atoms with Gasteiger partial charge in [0.15, 0.2) is 5.71 Å². The Balaban J connectivity index is 1.55. The van der Waals surface area contributed by atoms with Gasteiger partial charge >= 0.3 is 0 Å². The molecule has 0 unspecified atom stereocenters. The summed E-state index contributed by atoms with van der Waals surface area (Å²) in [5.74, 6) is 0. The van der Waals surface area contributed by atoms with Gasteiger partial charge in [0.05, 0.1) is 5.41 Å². The number of nitrogens with zero attached hydrogens (tertiary/aromatic N) is 2. The van der Waals surface area contributed by atoms with E-state index in [-0.39, 0.29) is 10.8 Å². The molecule has 2 heterocycles. The van der Waals surface area contributed by atoms with Crippen molar-refractivity contribution in [3.63, 3.8) is 0 Å². The molecule has 2 aliphatic rings. The van der Waals surface area contributed by atoms with Gasteiger partial charge in [0.25, 0.3) is 0 Å². The van der Waals surface area contributed by atoms with E-state index in [1.165, 1.54) is 50.2 Å². The van der Waals surface area contributed by atoms with Gasteiger partial charge < -0.3 is 4.90 Å². The molecule has 5 rings (SSSR count). The lowest BCUT2D eigenvalue weighted by atomic mass is 9.79. The van der Waals surface area contributed by atoms with Gasteiger partial charge in [-0.25, -0.2) is 0 Å². The Morgan fingerprint density at radius 3 is 2.44 bits per heavy atom. The van der Waals surface area contributed by atoms with Crippen LogP contribution in [0.5, 0.6) is 0 Å². The Morgan fingerprint density at radius 1 is 0.906 bits per heavy atom. The molecule has 0 bridgehead atoms. The van der Waals surface area contributed by atoms with Gasteiger partial charge in [-0.2, -0.15) is 4.58 Å². The zero-order valence-electron chi connectivity index (χ0n) is 20.3. The average molecular weight is 422 g/mol. The van der Waals surface area contributed by atoms with Crippen LogP contribution >= 0.6 is 0 Å².